The summed E-state index contributed by atoms with van der Waals surface area (Å²) in [6, 6.07) is 6.21. The van der Waals surface area contributed by atoms with Gasteiger partial charge < -0.3 is 10.4 Å². The number of hydrogen-bond acceptors (Lipinski definition) is 2. The Morgan fingerprint density at radius 1 is 1.44 bits per heavy atom. The van der Waals surface area contributed by atoms with Gasteiger partial charge in [0.1, 0.15) is 0 Å². The Morgan fingerprint density at radius 2 is 2.17 bits per heavy atom. The third-order valence-electron chi connectivity index (χ3n) is 3.03. The minimum absolute atomic E-state index is 0.0531. The van der Waals surface area contributed by atoms with Crippen molar-refractivity contribution in [2.45, 2.75) is 32.7 Å². The van der Waals surface area contributed by atoms with Gasteiger partial charge in [0.05, 0.1) is 6.42 Å². The quantitative estimate of drug-likeness (QED) is 0.728. The predicted molar refractivity (Wildman–Crippen MR) is 73.9 cm³/mol. The topological polar surface area (TPSA) is 49.3 Å². The van der Waals surface area contributed by atoms with E-state index in [4.69, 9.17) is 5.11 Å². The fourth-order valence-corrected chi connectivity index (χ4v) is 1.89. The molecule has 1 aromatic carbocycles. The van der Waals surface area contributed by atoms with Gasteiger partial charge >= 0.3 is 5.97 Å². The summed E-state index contributed by atoms with van der Waals surface area (Å²) in [7, 11) is 0. The van der Waals surface area contributed by atoms with Crippen molar-refractivity contribution in [3.8, 4) is 0 Å². The van der Waals surface area contributed by atoms with E-state index in [0.29, 0.717) is 6.54 Å². The van der Waals surface area contributed by atoms with Gasteiger partial charge in [-0.3, -0.25) is 4.79 Å². The van der Waals surface area contributed by atoms with Crippen molar-refractivity contribution in [2.75, 3.05) is 6.54 Å². The van der Waals surface area contributed by atoms with Gasteiger partial charge in [0, 0.05) is 12.6 Å². The number of carboxylic acid groups (broad SMARTS) is 1. The van der Waals surface area contributed by atoms with Crippen molar-refractivity contribution in [3.63, 3.8) is 0 Å². The zero-order chi connectivity index (χ0) is 13.5. The lowest BCUT2D eigenvalue weighted by molar-refractivity contribution is -0.137. The molecule has 0 saturated heterocycles. The van der Waals surface area contributed by atoms with Crippen molar-refractivity contribution >= 4 is 5.97 Å². The summed E-state index contributed by atoms with van der Waals surface area (Å²) >= 11 is 0. The van der Waals surface area contributed by atoms with Crippen LogP contribution in [-0.2, 0) is 11.2 Å². The Labute approximate surface area is 109 Å². The van der Waals surface area contributed by atoms with E-state index in [1.165, 1.54) is 16.7 Å². The molecule has 3 heteroatoms. The standard InChI is InChI=1S/C15H21NO2/c1-4-7-16-14(10-15(17)18)9-13-6-5-11(2)12(3)8-13/h4-6,8,14,16H,1,7,9-10H2,2-3H3,(H,17,18). The third kappa shape index (κ3) is 4.72. The van der Waals surface area contributed by atoms with E-state index >= 15 is 0 Å². The molecule has 18 heavy (non-hydrogen) atoms. The molecule has 0 fully saturated rings. The smallest absolute Gasteiger partial charge is 0.304 e. The summed E-state index contributed by atoms with van der Waals surface area (Å²) in [4.78, 5) is 10.8. The zero-order valence-electron chi connectivity index (χ0n) is 11.1. The lowest BCUT2D eigenvalue weighted by atomic mass is 9.99. The lowest BCUT2D eigenvalue weighted by Gasteiger charge is -2.16. The van der Waals surface area contributed by atoms with E-state index in [1.807, 2.05) is 0 Å². The highest BCUT2D eigenvalue weighted by Crippen LogP contribution is 2.12. The van der Waals surface area contributed by atoms with Gasteiger partial charge in [-0.05, 0) is 37.0 Å². The molecule has 0 aliphatic rings. The largest absolute Gasteiger partial charge is 0.481 e. The first kappa shape index (κ1) is 14.5. The number of benzene rings is 1. The Balaban J connectivity index is 2.71. The lowest BCUT2D eigenvalue weighted by Crippen LogP contribution is -2.33. The van der Waals surface area contributed by atoms with Crippen molar-refractivity contribution < 1.29 is 9.90 Å². The highest BCUT2D eigenvalue weighted by atomic mass is 16.4. The molecule has 0 spiro atoms. The number of rotatable bonds is 7. The number of carboxylic acids is 1. The second-order valence-corrected chi connectivity index (χ2v) is 4.61. The third-order valence-corrected chi connectivity index (χ3v) is 3.03. The van der Waals surface area contributed by atoms with Gasteiger partial charge in [0.25, 0.3) is 0 Å². The van der Waals surface area contributed by atoms with Crippen LogP contribution in [0.2, 0.25) is 0 Å². The molecule has 3 nitrogen and oxygen atoms in total. The molecule has 0 aliphatic heterocycles. The van der Waals surface area contributed by atoms with E-state index in [1.54, 1.807) is 6.08 Å². The highest BCUT2D eigenvalue weighted by molar-refractivity contribution is 5.67. The minimum atomic E-state index is -0.777. The van der Waals surface area contributed by atoms with Crippen LogP contribution in [0.15, 0.2) is 30.9 Å². The normalized spacial score (nSPS) is 12.1. The monoisotopic (exact) mass is 247 g/mol. The fourth-order valence-electron chi connectivity index (χ4n) is 1.89. The van der Waals surface area contributed by atoms with Crippen molar-refractivity contribution in [3.05, 3.63) is 47.5 Å². The van der Waals surface area contributed by atoms with E-state index in [9.17, 15) is 4.79 Å². The first-order valence-corrected chi connectivity index (χ1v) is 6.15. The van der Waals surface area contributed by atoms with Crippen LogP contribution < -0.4 is 5.32 Å². The number of nitrogens with one attached hydrogen (secondary N) is 1. The fraction of sp³-hybridized carbons (Fsp3) is 0.400. The van der Waals surface area contributed by atoms with Gasteiger partial charge in [-0.25, -0.2) is 0 Å². The molecule has 1 aromatic rings. The second kappa shape index (κ2) is 6.97. The van der Waals surface area contributed by atoms with Crippen LogP contribution in [0.3, 0.4) is 0 Å². The molecule has 0 amide bonds. The average molecular weight is 247 g/mol. The minimum Gasteiger partial charge on any atom is -0.481 e. The molecule has 98 valence electrons. The zero-order valence-corrected chi connectivity index (χ0v) is 11.1. The van der Waals surface area contributed by atoms with Crippen LogP contribution in [0.4, 0.5) is 0 Å². The van der Waals surface area contributed by atoms with Crippen LogP contribution in [0, 0.1) is 13.8 Å². The second-order valence-electron chi connectivity index (χ2n) is 4.61. The Hall–Kier alpha value is -1.61. The number of aliphatic carboxylic acids is 1. The van der Waals surface area contributed by atoms with Crippen LogP contribution in [0.25, 0.3) is 0 Å². The average Bonchev–Trinajstić information content (AvgIpc) is 2.30. The molecule has 0 aliphatic carbocycles. The number of hydrogen-bond donors (Lipinski definition) is 2. The van der Waals surface area contributed by atoms with Crippen LogP contribution >= 0.6 is 0 Å². The maximum atomic E-state index is 10.8. The van der Waals surface area contributed by atoms with E-state index in [-0.39, 0.29) is 12.5 Å². The maximum Gasteiger partial charge on any atom is 0.304 e. The van der Waals surface area contributed by atoms with E-state index in [0.717, 1.165) is 6.42 Å². The van der Waals surface area contributed by atoms with E-state index < -0.39 is 5.97 Å². The highest BCUT2D eigenvalue weighted by Gasteiger charge is 2.13. The van der Waals surface area contributed by atoms with Gasteiger partial charge in [-0.2, -0.15) is 0 Å². The van der Waals surface area contributed by atoms with Crippen LogP contribution in [0.5, 0.6) is 0 Å². The molecule has 1 rings (SSSR count). The van der Waals surface area contributed by atoms with Gasteiger partial charge in [-0.15, -0.1) is 6.58 Å². The molecule has 0 heterocycles. The molecule has 0 aromatic heterocycles. The first-order valence-electron chi connectivity index (χ1n) is 6.15. The van der Waals surface area contributed by atoms with Gasteiger partial charge in [-0.1, -0.05) is 24.3 Å². The number of aryl methyl sites for hydroxylation is 2. The summed E-state index contributed by atoms with van der Waals surface area (Å²) in [5.74, 6) is -0.777. The van der Waals surface area contributed by atoms with Crippen molar-refractivity contribution in [2.24, 2.45) is 0 Å². The van der Waals surface area contributed by atoms with Gasteiger partial charge in [0.15, 0.2) is 0 Å². The van der Waals surface area contributed by atoms with Crippen molar-refractivity contribution in [1.29, 1.82) is 0 Å². The van der Waals surface area contributed by atoms with E-state index in [2.05, 4.69) is 43.9 Å². The Kier molecular flexibility index (Phi) is 5.59. The SMILES string of the molecule is C=CCNC(CC(=O)O)Cc1ccc(C)c(C)c1. The molecule has 0 saturated carbocycles. The summed E-state index contributed by atoms with van der Waals surface area (Å²) in [6.07, 6.45) is 2.59. The predicted octanol–water partition coefficient (Wildman–Crippen LogP) is 2.46. The summed E-state index contributed by atoms with van der Waals surface area (Å²) in [6.45, 7) is 8.41. The Bertz CT molecular complexity index is 427. The molecule has 1 unspecified atom stereocenters. The molecule has 2 N–H and O–H groups in total. The molecule has 0 bridgehead atoms. The van der Waals surface area contributed by atoms with Crippen LogP contribution in [-0.4, -0.2) is 23.7 Å². The Morgan fingerprint density at radius 3 is 2.72 bits per heavy atom. The van der Waals surface area contributed by atoms with Crippen molar-refractivity contribution in [1.82, 2.24) is 5.32 Å². The van der Waals surface area contributed by atoms with Gasteiger partial charge in [0.2, 0.25) is 0 Å². The summed E-state index contributed by atoms with van der Waals surface area (Å²) in [5.41, 5.74) is 3.67. The first-order chi connectivity index (χ1) is 8.52. The molecular formula is C15H21NO2. The maximum absolute atomic E-state index is 10.8. The summed E-state index contributed by atoms with van der Waals surface area (Å²) < 4.78 is 0. The molecule has 0 radical (unpaired) electrons. The molecule has 1 atom stereocenters. The molecular weight excluding hydrogens is 226 g/mol. The van der Waals surface area contributed by atoms with Crippen LogP contribution in [0.1, 0.15) is 23.1 Å². The number of carbonyl (C=O) groups is 1. The summed E-state index contributed by atoms with van der Waals surface area (Å²) in [5, 5.41) is 12.1.